The number of ether oxygens (including phenoxy) is 1. The first-order valence-electron chi connectivity index (χ1n) is 9.52. The molecule has 33 heavy (non-hydrogen) atoms. The fraction of sp³-hybridized carbons (Fsp3) is 0.136. The minimum Gasteiger partial charge on any atom is -0.493 e. The fourth-order valence-electron chi connectivity index (χ4n) is 2.70. The Morgan fingerprint density at radius 2 is 1.42 bits per heavy atom. The van der Waals surface area contributed by atoms with Crippen LogP contribution < -0.4 is 13.8 Å². The van der Waals surface area contributed by atoms with Gasteiger partial charge in [0.15, 0.2) is 11.5 Å². The number of hydrazone groups is 1. The van der Waals surface area contributed by atoms with Crippen molar-refractivity contribution in [3.63, 3.8) is 0 Å². The van der Waals surface area contributed by atoms with E-state index in [9.17, 15) is 16.8 Å². The lowest BCUT2D eigenvalue weighted by atomic mass is 10.2. The predicted octanol–water partition coefficient (Wildman–Crippen LogP) is 4.00. The third kappa shape index (κ3) is 6.24. The fourth-order valence-corrected chi connectivity index (χ4v) is 5.33. The van der Waals surface area contributed by atoms with Crippen molar-refractivity contribution >= 4 is 48.9 Å². The second-order valence-corrected chi connectivity index (χ2v) is 11.4. The average molecular weight is 600 g/mol. The van der Waals surface area contributed by atoms with Crippen molar-refractivity contribution in [3.05, 3.63) is 80.9 Å². The lowest BCUT2D eigenvalue weighted by Crippen LogP contribution is -2.18. The summed E-state index contributed by atoms with van der Waals surface area (Å²) in [6, 6.07) is 15.7. The maximum atomic E-state index is 12.7. The largest absolute Gasteiger partial charge is 0.493 e. The SMILES string of the molecule is COc1cc(/C=N\NS(=O)(=O)c2ccc(C)cc2)cc(I)c1OS(=O)(=O)c1ccc(C)cc1. The lowest BCUT2D eigenvalue weighted by molar-refractivity contribution is 0.389. The van der Waals surface area contributed by atoms with E-state index in [1.54, 1.807) is 30.3 Å². The number of hydrogen-bond acceptors (Lipinski definition) is 7. The zero-order valence-corrected chi connectivity index (χ0v) is 21.7. The minimum atomic E-state index is -4.08. The van der Waals surface area contributed by atoms with E-state index < -0.39 is 20.1 Å². The highest BCUT2D eigenvalue weighted by Crippen LogP contribution is 2.35. The second kappa shape index (κ2) is 10.1. The van der Waals surface area contributed by atoms with Gasteiger partial charge in [-0.3, -0.25) is 0 Å². The topological polar surface area (TPSA) is 111 Å². The molecule has 3 aromatic rings. The maximum absolute atomic E-state index is 12.7. The summed E-state index contributed by atoms with van der Waals surface area (Å²) in [6.45, 7) is 3.71. The Labute approximate surface area is 207 Å². The van der Waals surface area contributed by atoms with Gasteiger partial charge in [0.05, 0.1) is 21.8 Å². The van der Waals surface area contributed by atoms with Gasteiger partial charge in [-0.25, -0.2) is 4.83 Å². The van der Waals surface area contributed by atoms with Gasteiger partial charge in [0.2, 0.25) is 0 Å². The molecule has 0 aromatic heterocycles. The number of hydrogen-bond donors (Lipinski definition) is 1. The van der Waals surface area contributed by atoms with Crippen molar-refractivity contribution in [2.75, 3.05) is 7.11 Å². The van der Waals surface area contributed by atoms with Crippen LogP contribution in [0, 0.1) is 17.4 Å². The molecular formula is C22H21IN2O6S2. The van der Waals surface area contributed by atoms with Crippen LogP contribution >= 0.6 is 22.6 Å². The van der Waals surface area contributed by atoms with E-state index >= 15 is 0 Å². The number of halogens is 1. The van der Waals surface area contributed by atoms with Crippen LogP contribution in [0.4, 0.5) is 0 Å². The highest BCUT2D eigenvalue weighted by molar-refractivity contribution is 14.1. The molecule has 0 saturated heterocycles. The average Bonchev–Trinajstić information content (AvgIpc) is 2.76. The molecule has 3 rings (SSSR count). The van der Waals surface area contributed by atoms with Crippen LogP contribution in [-0.4, -0.2) is 30.2 Å². The normalized spacial score (nSPS) is 12.0. The van der Waals surface area contributed by atoms with E-state index in [0.29, 0.717) is 9.13 Å². The summed E-state index contributed by atoms with van der Waals surface area (Å²) in [4.78, 5) is 2.25. The molecule has 3 aromatic carbocycles. The summed E-state index contributed by atoms with van der Waals surface area (Å²) in [6.07, 6.45) is 1.29. The molecule has 174 valence electrons. The highest BCUT2D eigenvalue weighted by Gasteiger charge is 2.22. The first-order valence-corrected chi connectivity index (χ1v) is 13.5. The smallest absolute Gasteiger partial charge is 0.339 e. The number of aryl methyl sites for hydroxylation is 2. The predicted molar refractivity (Wildman–Crippen MR) is 134 cm³/mol. The maximum Gasteiger partial charge on any atom is 0.339 e. The molecule has 0 spiro atoms. The van der Waals surface area contributed by atoms with Crippen LogP contribution in [0.2, 0.25) is 0 Å². The van der Waals surface area contributed by atoms with Gasteiger partial charge in [-0.15, -0.1) is 0 Å². The Morgan fingerprint density at radius 3 is 1.97 bits per heavy atom. The van der Waals surface area contributed by atoms with Crippen LogP contribution in [0.1, 0.15) is 16.7 Å². The summed E-state index contributed by atoms with van der Waals surface area (Å²) in [5.41, 5.74) is 2.33. The van der Waals surface area contributed by atoms with Crippen molar-refractivity contribution in [2.24, 2.45) is 5.10 Å². The quantitative estimate of drug-likeness (QED) is 0.181. The van der Waals surface area contributed by atoms with Gasteiger partial charge in [-0.1, -0.05) is 35.4 Å². The highest BCUT2D eigenvalue weighted by atomic mass is 127. The Balaban J connectivity index is 1.82. The number of nitrogens with zero attached hydrogens (tertiary/aromatic N) is 1. The molecule has 0 aliphatic carbocycles. The van der Waals surface area contributed by atoms with Crippen molar-refractivity contribution < 1.29 is 25.8 Å². The minimum absolute atomic E-state index is 0.0158. The first-order chi connectivity index (χ1) is 15.5. The van der Waals surface area contributed by atoms with Gasteiger partial charge < -0.3 is 8.92 Å². The van der Waals surface area contributed by atoms with E-state index in [0.717, 1.165) is 11.1 Å². The van der Waals surface area contributed by atoms with Crippen molar-refractivity contribution in [3.8, 4) is 11.5 Å². The van der Waals surface area contributed by atoms with Crippen molar-refractivity contribution in [2.45, 2.75) is 23.6 Å². The Morgan fingerprint density at radius 1 is 0.879 bits per heavy atom. The Hall–Kier alpha value is -2.64. The molecule has 0 bridgehead atoms. The first kappa shape index (κ1) is 25.0. The molecule has 11 heteroatoms. The molecule has 8 nitrogen and oxygen atoms in total. The molecule has 0 heterocycles. The van der Waals surface area contributed by atoms with Crippen LogP contribution in [0.3, 0.4) is 0 Å². The number of rotatable bonds is 8. The summed E-state index contributed by atoms with van der Waals surface area (Å²) < 4.78 is 61.1. The van der Waals surface area contributed by atoms with Gasteiger partial charge in [0.1, 0.15) is 4.90 Å². The van der Waals surface area contributed by atoms with Crippen LogP contribution in [0.25, 0.3) is 0 Å². The molecule has 0 radical (unpaired) electrons. The molecule has 0 atom stereocenters. The summed E-state index contributed by atoms with van der Waals surface area (Å²) in [5.74, 6) is 0.177. The van der Waals surface area contributed by atoms with Gasteiger partial charge in [-0.05, 0) is 78.4 Å². The van der Waals surface area contributed by atoms with Crippen LogP contribution in [-0.2, 0) is 20.1 Å². The number of nitrogens with one attached hydrogen (secondary N) is 1. The van der Waals surface area contributed by atoms with Crippen LogP contribution in [0.15, 0.2) is 75.6 Å². The molecule has 0 unspecified atom stereocenters. The van der Waals surface area contributed by atoms with Crippen LogP contribution in [0.5, 0.6) is 11.5 Å². The van der Waals surface area contributed by atoms with Gasteiger partial charge in [0, 0.05) is 0 Å². The molecular weight excluding hydrogens is 579 g/mol. The van der Waals surface area contributed by atoms with Crippen molar-refractivity contribution in [1.82, 2.24) is 4.83 Å². The lowest BCUT2D eigenvalue weighted by Gasteiger charge is -2.13. The standard InChI is InChI=1S/C22H21IN2O6S2/c1-15-4-8-18(9-5-15)32(26,27)25-24-14-17-12-20(23)22(21(13-17)30-3)31-33(28,29)19-10-6-16(2)7-11-19/h4-14,25H,1-3H3/b24-14-. The molecule has 0 saturated carbocycles. The Kier molecular flexibility index (Phi) is 7.65. The van der Waals surface area contributed by atoms with E-state index in [1.165, 1.54) is 43.7 Å². The molecule has 0 fully saturated rings. The number of sulfonamides is 1. The van der Waals surface area contributed by atoms with Gasteiger partial charge in [0.25, 0.3) is 10.0 Å². The Bertz CT molecular complexity index is 1390. The number of benzene rings is 3. The van der Waals surface area contributed by atoms with E-state index in [1.807, 2.05) is 36.4 Å². The molecule has 0 aliphatic rings. The van der Waals surface area contributed by atoms with Crippen molar-refractivity contribution in [1.29, 1.82) is 0 Å². The second-order valence-electron chi connectivity index (χ2n) is 7.05. The van der Waals surface area contributed by atoms with E-state index in [4.69, 9.17) is 8.92 Å². The summed E-state index contributed by atoms with van der Waals surface area (Å²) >= 11 is 1.91. The van der Waals surface area contributed by atoms with Gasteiger partial charge >= 0.3 is 10.1 Å². The summed E-state index contributed by atoms with van der Waals surface area (Å²) in [5, 5.41) is 3.81. The summed E-state index contributed by atoms with van der Waals surface area (Å²) in [7, 11) is -6.53. The third-order valence-electron chi connectivity index (χ3n) is 4.47. The molecule has 0 aliphatic heterocycles. The van der Waals surface area contributed by atoms with E-state index in [-0.39, 0.29) is 21.3 Å². The zero-order valence-electron chi connectivity index (χ0n) is 17.9. The molecule has 0 amide bonds. The number of methoxy groups -OCH3 is 1. The third-order valence-corrected chi connectivity index (χ3v) is 7.75. The monoisotopic (exact) mass is 600 g/mol. The van der Waals surface area contributed by atoms with Gasteiger partial charge in [-0.2, -0.15) is 21.9 Å². The van der Waals surface area contributed by atoms with E-state index in [2.05, 4.69) is 9.93 Å². The zero-order chi connectivity index (χ0) is 24.2. The molecule has 1 N–H and O–H groups in total.